The molecule has 0 spiro atoms. The number of benzene rings is 2. The quantitative estimate of drug-likeness (QED) is 0.324. The van der Waals surface area contributed by atoms with Crippen LogP contribution in [-0.4, -0.2) is 46.1 Å². The van der Waals surface area contributed by atoms with E-state index in [0.717, 1.165) is 36.2 Å². The molecule has 3 aromatic rings. The molecular weight excluding hydrogens is 490 g/mol. The fourth-order valence-electron chi connectivity index (χ4n) is 5.53. The summed E-state index contributed by atoms with van der Waals surface area (Å²) in [5.74, 6) is -0.207. The first-order valence-corrected chi connectivity index (χ1v) is 13.8. The standard InChI is InChI=1S/C32H37N3O4/c1-2-18-35(28-7-3-4-8-28)21-29-19-30(24-11-9-23(22-36)10-12-24)39-32(38-29)25-13-15-27(16-14-25)34-31(37)26-6-5-17-33-20-26/h2,5-6,9-17,20,28-30,32,36H,1,3-4,7-8,18-19,21-22H2,(H,34,37)/t29-,30+,32+/m1/s1. The fourth-order valence-corrected chi connectivity index (χ4v) is 5.53. The first kappa shape index (κ1) is 27.2. The van der Waals surface area contributed by atoms with Gasteiger partial charge in [0.15, 0.2) is 6.29 Å². The molecule has 1 aliphatic heterocycles. The van der Waals surface area contributed by atoms with E-state index in [9.17, 15) is 9.90 Å². The number of hydrogen-bond acceptors (Lipinski definition) is 6. The molecule has 0 unspecified atom stereocenters. The van der Waals surface area contributed by atoms with Gasteiger partial charge in [-0.05, 0) is 48.2 Å². The molecule has 1 saturated heterocycles. The molecule has 2 fully saturated rings. The Hall–Kier alpha value is -3.36. The average Bonchev–Trinajstić information content (AvgIpc) is 3.53. The molecule has 0 bridgehead atoms. The number of ether oxygens (including phenoxy) is 2. The van der Waals surface area contributed by atoms with Crippen molar-refractivity contribution in [2.75, 3.05) is 18.4 Å². The topological polar surface area (TPSA) is 83.9 Å². The highest BCUT2D eigenvalue weighted by molar-refractivity contribution is 6.03. The predicted octanol–water partition coefficient (Wildman–Crippen LogP) is 5.80. The second-order valence-electron chi connectivity index (χ2n) is 10.3. The Morgan fingerprint density at radius 3 is 2.46 bits per heavy atom. The normalized spacial score (nSPS) is 21.6. The molecule has 2 aromatic carbocycles. The van der Waals surface area contributed by atoms with Crippen molar-refractivity contribution in [1.82, 2.24) is 9.88 Å². The molecule has 2 aliphatic rings. The largest absolute Gasteiger partial charge is 0.392 e. The van der Waals surface area contributed by atoms with Crippen LogP contribution in [0.3, 0.4) is 0 Å². The zero-order chi connectivity index (χ0) is 27.0. The van der Waals surface area contributed by atoms with Crippen molar-refractivity contribution in [2.45, 2.75) is 63.3 Å². The summed E-state index contributed by atoms with van der Waals surface area (Å²) in [5.41, 5.74) is 4.04. The number of pyridine rings is 1. The van der Waals surface area contributed by atoms with Crippen LogP contribution in [0.4, 0.5) is 5.69 Å². The van der Waals surface area contributed by atoms with Crippen molar-refractivity contribution in [3.05, 3.63) is 108 Å². The third kappa shape index (κ3) is 6.99. The van der Waals surface area contributed by atoms with E-state index in [1.54, 1.807) is 24.5 Å². The number of aliphatic hydroxyl groups excluding tert-OH is 1. The number of hydrogen-bond donors (Lipinski definition) is 2. The first-order chi connectivity index (χ1) is 19.1. The summed E-state index contributed by atoms with van der Waals surface area (Å²) in [6, 6.07) is 19.6. The molecule has 204 valence electrons. The Kier molecular flexibility index (Phi) is 9.16. The Balaban J connectivity index is 1.33. The second kappa shape index (κ2) is 13.1. The minimum Gasteiger partial charge on any atom is -0.392 e. The van der Waals surface area contributed by atoms with Crippen molar-refractivity contribution >= 4 is 11.6 Å². The molecule has 1 amide bonds. The van der Waals surface area contributed by atoms with E-state index in [0.29, 0.717) is 17.3 Å². The van der Waals surface area contributed by atoms with E-state index in [2.05, 4.69) is 21.8 Å². The van der Waals surface area contributed by atoms with Crippen LogP contribution in [0.25, 0.3) is 0 Å². The molecule has 2 heterocycles. The maximum absolute atomic E-state index is 12.5. The molecule has 0 radical (unpaired) electrons. The highest BCUT2D eigenvalue weighted by Crippen LogP contribution is 2.39. The van der Waals surface area contributed by atoms with Crippen molar-refractivity contribution < 1.29 is 19.4 Å². The number of carbonyl (C=O) groups is 1. The molecule has 39 heavy (non-hydrogen) atoms. The van der Waals surface area contributed by atoms with Gasteiger partial charge in [-0.3, -0.25) is 14.7 Å². The second-order valence-corrected chi connectivity index (χ2v) is 10.3. The number of aromatic nitrogens is 1. The Bertz CT molecular complexity index is 1210. The van der Waals surface area contributed by atoms with E-state index in [-0.39, 0.29) is 24.7 Å². The Morgan fingerprint density at radius 2 is 1.79 bits per heavy atom. The molecule has 7 heteroatoms. The highest BCUT2D eigenvalue weighted by atomic mass is 16.7. The van der Waals surface area contributed by atoms with Gasteiger partial charge in [0.25, 0.3) is 5.91 Å². The van der Waals surface area contributed by atoms with Crippen molar-refractivity contribution in [2.24, 2.45) is 0 Å². The summed E-state index contributed by atoms with van der Waals surface area (Å²) in [6.07, 6.45) is 10.2. The summed E-state index contributed by atoms with van der Waals surface area (Å²) >= 11 is 0. The maximum atomic E-state index is 12.5. The number of nitrogens with zero attached hydrogens (tertiary/aromatic N) is 2. The van der Waals surface area contributed by atoms with Crippen LogP contribution in [-0.2, 0) is 16.1 Å². The minimum absolute atomic E-state index is 0.0156. The monoisotopic (exact) mass is 527 g/mol. The third-order valence-electron chi connectivity index (χ3n) is 7.62. The van der Waals surface area contributed by atoms with E-state index >= 15 is 0 Å². The molecule has 7 nitrogen and oxygen atoms in total. The van der Waals surface area contributed by atoms with Gasteiger partial charge >= 0.3 is 0 Å². The van der Waals surface area contributed by atoms with Gasteiger partial charge < -0.3 is 19.9 Å². The summed E-state index contributed by atoms with van der Waals surface area (Å²) in [6.45, 7) is 5.67. The van der Waals surface area contributed by atoms with Crippen LogP contribution in [0.2, 0.25) is 0 Å². The molecule has 1 aliphatic carbocycles. The zero-order valence-electron chi connectivity index (χ0n) is 22.2. The van der Waals surface area contributed by atoms with Gasteiger partial charge in [0.1, 0.15) is 0 Å². The van der Waals surface area contributed by atoms with Gasteiger partial charge in [-0.1, -0.05) is 55.3 Å². The SMILES string of the molecule is C=CCN(C[C@H]1C[C@@H](c2ccc(CO)cc2)O[C@@H](c2ccc(NC(=O)c3cccnc3)cc2)O1)C1CCCC1. The zero-order valence-corrected chi connectivity index (χ0v) is 22.2. The smallest absolute Gasteiger partial charge is 0.257 e. The molecule has 2 N–H and O–H groups in total. The lowest BCUT2D eigenvalue weighted by molar-refractivity contribution is -0.253. The molecule has 1 saturated carbocycles. The summed E-state index contributed by atoms with van der Waals surface area (Å²) in [4.78, 5) is 19.0. The van der Waals surface area contributed by atoms with Crippen molar-refractivity contribution in [3.8, 4) is 0 Å². The summed E-state index contributed by atoms with van der Waals surface area (Å²) in [5, 5.41) is 12.4. The average molecular weight is 528 g/mol. The van der Waals surface area contributed by atoms with Gasteiger partial charge in [0.2, 0.25) is 0 Å². The molecule has 5 rings (SSSR count). The van der Waals surface area contributed by atoms with Gasteiger partial charge in [0, 0.05) is 49.2 Å². The van der Waals surface area contributed by atoms with Gasteiger partial charge in [0.05, 0.1) is 24.4 Å². The van der Waals surface area contributed by atoms with Gasteiger partial charge in [-0.2, -0.15) is 0 Å². The minimum atomic E-state index is -0.538. The Morgan fingerprint density at radius 1 is 1.05 bits per heavy atom. The number of anilines is 1. The van der Waals surface area contributed by atoms with E-state index in [1.165, 1.54) is 25.7 Å². The number of nitrogens with one attached hydrogen (secondary N) is 1. The van der Waals surface area contributed by atoms with Crippen LogP contribution in [0, 0.1) is 0 Å². The van der Waals surface area contributed by atoms with Crippen LogP contribution in [0.15, 0.2) is 85.7 Å². The summed E-state index contributed by atoms with van der Waals surface area (Å²) in [7, 11) is 0. The lowest BCUT2D eigenvalue weighted by atomic mass is 9.99. The maximum Gasteiger partial charge on any atom is 0.257 e. The summed E-state index contributed by atoms with van der Waals surface area (Å²) < 4.78 is 13.1. The third-order valence-corrected chi connectivity index (χ3v) is 7.62. The fraction of sp³-hybridized carbons (Fsp3) is 0.375. The van der Waals surface area contributed by atoms with Crippen LogP contribution >= 0.6 is 0 Å². The predicted molar refractivity (Wildman–Crippen MR) is 151 cm³/mol. The van der Waals surface area contributed by atoms with Gasteiger partial charge in [-0.15, -0.1) is 6.58 Å². The van der Waals surface area contributed by atoms with E-state index in [1.807, 2.05) is 54.6 Å². The molecule has 3 atom stereocenters. The number of rotatable bonds is 10. The van der Waals surface area contributed by atoms with Crippen LogP contribution < -0.4 is 5.32 Å². The number of carbonyl (C=O) groups excluding carboxylic acids is 1. The lowest BCUT2D eigenvalue weighted by Crippen LogP contribution is -2.43. The number of aliphatic hydroxyl groups is 1. The lowest BCUT2D eigenvalue weighted by Gasteiger charge is -2.39. The van der Waals surface area contributed by atoms with E-state index in [4.69, 9.17) is 9.47 Å². The first-order valence-electron chi connectivity index (χ1n) is 13.8. The van der Waals surface area contributed by atoms with Crippen LogP contribution in [0.5, 0.6) is 0 Å². The van der Waals surface area contributed by atoms with E-state index < -0.39 is 6.29 Å². The molecular formula is C32H37N3O4. The van der Waals surface area contributed by atoms with Crippen molar-refractivity contribution in [3.63, 3.8) is 0 Å². The highest BCUT2D eigenvalue weighted by Gasteiger charge is 2.34. The molecule has 1 aromatic heterocycles. The Labute approximate surface area is 230 Å². The van der Waals surface area contributed by atoms with Gasteiger partial charge in [-0.25, -0.2) is 0 Å². The number of amides is 1. The van der Waals surface area contributed by atoms with Crippen molar-refractivity contribution in [1.29, 1.82) is 0 Å². The van der Waals surface area contributed by atoms with Crippen LogP contribution in [0.1, 0.15) is 71.5 Å².